The number of carbonyl (C=O) groups is 2. The fourth-order valence-electron chi connectivity index (χ4n) is 3.99. The number of aliphatic hydroxyl groups is 2. The Morgan fingerprint density at radius 2 is 0.650 bits per heavy atom. The van der Waals surface area contributed by atoms with Crippen molar-refractivity contribution in [2.24, 2.45) is 0 Å². The van der Waals surface area contributed by atoms with Gasteiger partial charge in [0.1, 0.15) is 10.1 Å². The highest BCUT2D eigenvalue weighted by atomic mass is 35.5. The number of fused-ring (bicyclic) bond motifs is 6. The molecule has 0 radical (unpaired) electrons. The van der Waals surface area contributed by atoms with Gasteiger partial charge in [-0.2, -0.15) is 0 Å². The monoisotopic (exact) mass is 568 g/mol. The van der Waals surface area contributed by atoms with Crippen molar-refractivity contribution in [2.75, 3.05) is 0 Å². The second-order valence-corrected chi connectivity index (χ2v) is 9.21. The summed E-state index contributed by atoms with van der Waals surface area (Å²) in [5.41, 5.74) is 3.80. The zero-order chi connectivity index (χ0) is 28.2. The van der Waals surface area contributed by atoms with Crippen LogP contribution in [0.5, 0.6) is 0 Å². The SMILES string of the molecule is O=C1C(O)=C(Cl)C(=O)C(O)=C1Cl.c1ccc2c(c1)nnc1ccccc12.c1ccc2c(c1)nnc1ccccc12. The fourth-order valence-corrected chi connectivity index (χ4v) is 4.34. The molecule has 0 spiro atoms. The maximum absolute atomic E-state index is 10.8. The van der Waals surface area contributed by atoms with Crippen LogP contribution in [-0.2, 0) is 9.59 Å². The minimum Gasteiger partial charge on any atom is -0.503 e. The molecule has 6 aromatic rings. The number of rotatable bonds is 0. The molecule has 7 rings (SSSR count). The van der Waals surface area contributed by atoms with Crippen molar-refractivity contribution in [1.29, 1.82) is 0 Å². The molecule has 0 bridgehead atoms. The number of hydrogen-bond acceptors (Lipinski definition) is 8. The Hall–Kier alpha value is -4.92. The average Bonchev–Trinajstić information content (AvgIpc) is 3.02. The van der Waals surface area contributed by atoms with E-state index in [4.69, 9.17) is 33.4 Å². The second-order valence-electron chi connectivity index (χ2n) is 8.45. The Morgan fingerprint density at radius 3 is 0.900 bits per heavy atom. The second kappa shape index (κ2) is 11.4. The predicted octanol–water partition coefficient (Wildman–Crippen LogP) is 6.72. The number of allylic oxidation sites excluding steroid dienone is 2. The molecular formula is C30H18Cl2N4O4. The average molecular weight is 569 g/mol. The molecule has 2 N–H and O–H groups in total. The Kier molecular flexibility index (Phi) is 7.63. The minimum absolute atomic E-state index is 0.720. The first-order valence-electron chi connectivity index (χ1n) is 11.8. The first kappa shape index (κ1) is 26.7. The lowest BCUT2D eigenvalue weighted by atomic mass is 10.1. The van der Waals surface area contributed by atoms with Crippen molar-refractivity contribution in [3.05, 3.63) is 119 Å². The standard InChI is InChI=1S/2C12H8N2.C6H2Cl2O4/c2*1-3-7-11-9(5-1)10-6-2-4-8-12(10)14-13-11;7-1-3(9)5(11)2(8)6(12)4(1)10/h2*1-8H;9,12H. The molecule has 1 aliphatic rings. The van der Waals surface area contributed by atoms with E-state index in [1.807, 2.05) is 72.8 Å². The van der Waals surface area contributed by atoms with E-state index in [1.54, 1.807) is 0 Å². The van der Waals surface area contributed by atoms with Gasteiger partial charge in [0.25, 0.3) is 0 Å². The third-order valence-electron chi connectivity index (χ3n) is 5.97. The van der Waals surface area contributed by atoms with Gasteiger partial charge in [0, 0.05) is 21.5 Å². The smallest absolute Gasteiger partial charge is 0.244 e. The number of aromatic nitrogens is 4. The zero-order valence-electron chi connectivity index (χ0n) is 20.5. The van der Waals surface area contributed by atoms with Crippen molar-refractivity contribution in [3.8, 4) is 0 Å². The molecular weight excluding hydrogens is 551 g/mol. The molecule has 4 aromatic carbocycles. The predicted molar refractivity (Wildman–Crippen MR) is 155 cm³/mol. The van der Waals surface area contributed by atoms with Crippen molar-refractivity contribution >= 4 is 78.4 Å². The normalized spacial score (nSPS) is 13.3. The van der Waals surface area contributed by atoms with Crippen molar-refractivity contribution in [3.63, 3.8) is 0 Å². The molecule has 0 saturated heterocycles. The van der Waals surface area contributed by atoms with E-state index in [9.17, 15) is 9.59 Å². The maximum Gasteiger partial charge on any atom is 0.244 e. The van der Waals surface area contributed by atoms with Crippen molar-refractivity contribution < 1.29 is 19.8 Å². The van der Waals surface area contributed by atoms with Crippen LogP contribution in [0.3, 0.4) is 0 Å². The van der Waals surface area contributed by atoms with Gasteiger partial charge in [-0.05, 0) is 24.3 Å². The molecule has 0 atom stereocenters. The number of carbonyl (C=O) groups excluding carboxylic acids is 2. The van der Waals surface area contributed by atoms with Gasteiger partial charge in [0.2, 0.25) is 11.6 Å². The van der Waals surface area contributed by atoms with E-state index in [0.29, 0.717) is 0 Å². The van der Waals surface area contributed by atoms with E-state index < -0.39 is 33.1 Å². The van der Waals surface area contributed by atoms with Gasteiger partial charge in [-0.15, -0.1) is 20.4 Å². The van der Waals surface area contributed by atoms with E-state index >= 15 is 0 Å². The largest absolute Gasteiger partial charge is 0.503 e. The van der Waals surface area contributed by atoms with Crippen molar-refractivity contribution in [1.82, 2.24) is 20.4 Å². The van der Waals surface area contributed by atoms with Crippen LogP contribution in [-0.4, -0.2) is 42.2 Å². The molecule has 1 aliphatic carbocycles. The van der Waals surface area contributed by atoms with Crippen molar-refractivity contribution in [2.45, 2.75) is 0 Å². The van der Waals surface area contributed by atoms with E-state index in [2.05, 4.69) is 44.7 Å². The lowest BCUT2D eigenvalue weighted by Gasteiger charge is -2.08. The molecule has 0 saturated carbocycles. The van der Waals surface area contributed by atoms with Crippen LogP contribution in [0.4, 0.5) is 0 Å². The highest BCUT2D eigenvalue weighted by Gasteiger charge is 2.33. The molecule has 0 aliphatic heterocycles. The molecule has 0 unspecified atom stereocenters. The highest BCUT2D eigenvalue weighted by Crippen LogP contribution is 2.26. The number of ketones is 2. The number of nitrogens with zero attached hydrogens (tertiary/aromatic N) is 4. The first-order chi connectivity index (χ1) is 19.4. The Balaban J connectivity index is 0.000000122. The van der Waals surface area contributed by atoms with E-state index in [0.717, 1.165) is 43.6 Å². The van der Waals surface area contributed by atoms with E-state index in [-0.39, 0.29) is 0 Å². The topological polar surface area (TPSA) is 126 Å². The molecule has 8 nitrogen and oxygen atoms in total. The number of aliphatic hydroxyl groups excluding tert-OH is 2. The van der Waals surface area contributed by atoms with Gasteiger partial charge in [-0.25, -0.2) is 0 Å². The quantitative estimate of drug-likeness (QED) is 0.153. The summed E-state index contributed by atoms with van der Waals surface area (Å²) in [5.74, 6) is -3.99. The summed E-state index contributed by atoms with van der Waals surface area (Å²) in [6.45, 7) is 0. The van der Waals surface area contributed by atoms with E-state index in [1.165, 1.54) is 0 Å². The molecule has 2 heterocycles. The van der Waals surface area contributed by atoms with Crippen LogP contribution in [0, 0.1) is 0 Å². The number of halogens is 2. The summed E-state index contributed by atoms with van der Waals surface area (Å²) >= 11 is 10.4. The number of benzene rings is 4. The summed E-state index contributed by atoms with van der Waals surface area (Å²) < 4.78 is 0. The van der Waals surface area contributed by atoms with Gasteiger partial charge in [-0.1, -0.05) is 96.0 Å². The molecule has 196 valence electrons. The van der Waals surface area contributed by atoms with Crippen LogP contribution in [0.2, 0.25) is 0 Å². The summed E-state index contributed by atoms with van der Waals surface area (Å²) in [7, 11) is 0. The third-order valence-corrected chi connectivity index (χ3v) is 6.67. The Labute approximate surface area is 236 Å². The Morgan fingerprint density at radius 1 is 0.425 bits per heavy atom. The number of Topliss-reactive ketones (excluding diaryl/α,β-unsaturated/α-hetero) is 2. The van der Waals surface area contributed by atoms with Crippen LogP contribution < -0.4 is 0 Å². The van der Waals surface area contributed by atoms with Crippen LogP contribution in [0.25, 0.3) is 43.6 Å². The highest BCUT2D eigenvalue weighted by molar-refractivity contribution is 6.55. The first-order valence-corrected chi connectivity index (χ1v) is 12.6. The summed E-state index contributed by atoms with van der Waals surface area (Å²) in [6, 6.07) is 32.2. The molecule has 10 heteroatoms. The Bertz CT molecular complexity index is 1720. The number of hydrogen-bond donors (Lipinski definition) is 2. The van der Waals surface area contributed by atoms with Crippen LogP contribution in [0.15, 0.2) is 119 Å². The molecule has 2 aromatic heterocycles. The maximum atomic E-state index is 10.8. The van der Waals surface area contributed by atoms with Gasteiger partial charge < -0.3 is 10.2 Å². The molecule has 0 amide bonds. The fraction of sp³-hybridized carbons (Fsp3) is 0. The lowest BCUT2D eigenvalue weighted by molar-refractivity contribution is -0.119. The summed E-state index contributed by atoms with van der Waals surface area (Å²) in [6.07, 6.45) is 0. The zero-order valence-corrected chi connectivity index (χ0v) is 22.0. The van der Waals surface area contributed by atoms with Gasteiger partial charge in [0.15, 0.2) is 11.5 Å². The minimum atomic E-state index is -1.06. The van der Waals surface area contributed by atoms with Crippen LogP contribution >= 0.6 is 23.2 Å². The third kappa shape index (κ3) is 5.18. The van der Waals surface area contributed by atoms with Gasteiger partial charge >= 0.3 is 0 Å². The molecule has 0 fully saturated rings. The van der Waals surface area contributed by atoms with Gasteiger partial charge in [0.05, 0.1) is 22.1 Å². The summed E-state index contributed by atoms with van der Waals surface area (Å²) in [4.78, 5) is 21.6. The lowest BCUT2D eigenvalue weighted by Crippen LogP contribution is -2.19. The van der Waals surface area contributed by atoms with Gasteiger partial charge in [-0.3, -0.25) is 9.59 Å². The van der Waals surface area contributed by atoms with Crippen LogP contribution in [0.1, 0.15) is 0 Å². The summed E-state index contributed by atoms with van der Waals surface area (Å²) in [5, 5.41) is 37.6. The molecule has 40 heavy (non-hydrogen) atoms.